The molecule has 1 amide bonds. The first-order valence-electron chi connectivity index (χ1n) is 10.4. The van der Waals surface area contributed by atoms with Crippen LogP contribution in [0.1, 0.15) is 21.5 Å². The summed E-state index contributed by atoms with van der Waals surface area (Å²) in [5, 5.41) is 3.82. The number of para-hydroxylation sites is 1. The number of anilines is 1. The smallest absolute Gasteiger partial charge is 0.338 e. The number of rotatable bonds is 7. The van der Waals surface area contributed by atoms with Crippen molar-refractivity contribution in [3.8, 4) is 5.75 Å². The summed E-state index contributed by atoms with van der Waals surface area (Å²) in [4.78, 5) is 35.8. The molecule has 3 aromatic carbocycles. The van der Waals surface area contributed by atoms with Gasteiger partial charge in [0.15, 0.2) is 6.61 Å². The minimum absolute atomic E-state index is 0.247. The first kappa shape index (κ1) is 23.1. The van der Waals surface area contributed by atoms with Crippen molar-refractivity contribution in [2.75, 3.05) is 11.9 Å². The fraction of sp³-hybridized carbons (Fsp3) is 0.115. The van der Waals surface area contributed by atoms with Crippen LogP contribution in [0.4, 0.5) is 5.69 Å². The molecule has 0 aliphatic rings. The van der Waals surface area contributed by atoms with Gasteiger partial charge in [0.2, 0.25) is 0 Å². The summed E-state index contributed by atoms with van der Waals surface area (Å²) in [5.74, 6) is -0.566. The third-order valence-corrected chi connectivity index (χ3v) is 5.33. The summed E-state index contributed by atoms with van der Waals surface area (Å²) in [6.07, 6.45) is 0. The second-order valence-corrected chi connectivity index (χ2v) is 7.90. The predicted molar refractivity (Wildman–Crippen MR) is 128 cm³/mol. The normalized spacial score (nSPS) is 10.6. The molecule has 0 saturated carbocycles. The molecule has 1 heterocycles. The van der Waals surface area contributed by atoms with Gasteiger partial charge in [0, 0.05) is 17.5 Å². The van der Waals surface area contributed by atoms with Crippen molar-refractivity contribution in [3.05, 3.63) is 105 Å². The van der Waals surface area contributed by atoms with Gasteiger partial charge in [0.05, 0.1) is 16.3 Å². The molecule has 0 spiro atoms. The lowest BCUT2D eigenvalue weighted by molar-refractivity contribution is -0.119. The van der Waals surface area contributed by atoms with E-state index in [-0.39, 0.29) is 6.61 Å². The van der Waals surface area contributed by atoms with Gasteiger partial charge in [-0.1, -0.05) is 35.9 Å². The summed E-state index contributed by atoms with van der Waals surface area (Å²) in [5.41, 5.74) is 2.45. The van der Waals surface area contributed by atoms with Crippen LogP contribution in [-0.2, 0) is 16.1 Å². The van der Waals surface area contributed by atoms with E-state index < -0.39 is 24.1 Å². The Kier molecular flexibility index (Phi) is 6.94. The number of halogens is 1. The Labute approximate surface area is 199 Å². The zero-order valence-electron chi connectivity index (χ0n) is 18.2. The van der Waals surface area contributed by atoms with Gasteiger partial charge in [-0.2, -0.15) is 0 Å². The molecule has 7 nitrogen and oxygen atoms in total. The maximum absolute atomic E-state index is 12.2. The molecular weight excluding hydrogens is 458 g/mol. The van der Waals surface area contributed by atoms with Crippen molar-refractivity contribution in [1.29, 1.82) is 0 Å². The van der Waals surface area contributed by atoms with Crippen LogP contribution in [0.2, 0.25) is 5.02 Å². The van der Waals surface area contributed by atoms with E-state index in [2.05, 4.69) is 5.32 Å². The molecule has 0 atom stereocenters. The summed E-state index contributed by atoms with van der Waals surface area (Å²) in [7, 11) is 0. The topological polar surface area (TPSA) is 94.8 Å². The van der Waals surface area contributed by atoms with E-state index in [4.69, 9.17) is 25.5 Å². The lowest BCUT2D eigenvalue weighted by atomic mass is 10.1. The van der Waals surface area contributed by atoms with Crippen molar-refractivity contribution >= 4 is 40.1 Å². The molecule has 1 aromatic heterocycles. The quantitative estimate of drug-likeness (QED) is 0.293. The molecule has 4 aromatic rings. The Morgan fingerprint density at radius 1 is 1.00 bits per heavy atom. The summed E-state index contributed by atoms with van der Waals surface area (Å²) < 4.78 is 16.1. The highest BCUT2D eigenvalue weighted by Gasteiger charge is 2.12. The lowest BCUT2D eigenvalue weighted by Gasteiger charge is -2.09. The van der Waals surface area contributed by atoms with Crippen LogP contribution in [0.15, 0.2) is 82.0 Å². The Hall–Kier alpha value is -4.10. The van der Waals surface area contributed by atoms with E-state index in [1.54, 1.807) is 60.7 Å². The van der Waals surface area contributed by atoms with Gasteiger partial charge in [-0.25, -0.2) is 9.59 Å². The van der Waals surface area contributed by atoms with Gasteiger partial charge < -0.3 is 19.2 Å². The minimum atomic E-state index is -0.623. The summed E-state index contributed by atoms with van der Waals surface area (Å²) >= 11 is 5.99. The number of carbonyl (C=O) groups is 2. The second-order valence-electron chi connectivity index (χ2n) is 7.50. The Morgan fingerprint density at radius 2 is 1.76 bits per heavy atom. The van der Waals surface area contributed by atoms with Crippen LogP contribution in [0, 0.1) is 6.92 Å². The maximum atomic E-state index is 12.2. The minimum Gasteiger partial charge on any atom is -0.489 e. The molecule has 0 aliphatic heterocycles. The number of ether oxygens (including phenoxy) is 2. The molecule has 4 rings (SSSR count). The number of aryl methyl sites for hydroxylation is 1. The van der Waals surface area contributed by atoms with Crippen LogP contribution in [0.3, 0.4) is 0 Å². The van der Waals surface area contributed by atoms with Crippen molar-refractivity contribution < 1.29 is 23.5 Å². The van der Waals surface area contributed by atoms with E-state index in [1.165, 1.54) is 6.07 Å². The number of nitrogens with one attached hydrogen (secondary N) is 1. The van der Waals surface area contributed by atoms with E-state index in [1.807, 2.05) is 13.0 Å². The van der Waals surface area contributed by atoms with Gasteiger partial charge in [0.25, 0.3) is 5.91 Å². The fourth-order valence-corrected chi connectivity index (χ4v) is 3.45. The van der Waals surface area contributed by atoms with Gasteiger partial charge in [-0.05, 0) is 54.4 Å². The molecule has 172 valence electrons. The molecule has 0 bridgehead atoms. The summed E-state index contributed by atoms with van der Waals surface area (Å²) in [6.45, 7) is 1.65. The third kappa shape index (κ3) is 5.63. The van der Waals surface area contributed by atoms with Gasteiger partial charge in [0.1, 0.15) is 17.9 Å². The molecule has 0 aliphatic carbocycles. The highest BCUT2D eigenvalue weighted by Crippen LogP contribution is 2.23. The first-order valence-corrected chi connectivity index (χ1v) is 10.7. The van der Waals surface area contributed by atoms with Crippen molar-refractivity contribution in [2.24, 2.45) is 0 Å². The van der Waals surface area contributed by atoms with E-state index in [9.17, 15) is 14.4 Å². The highest BCUT2D eigenvalue weighted by molar-refractivity contribution is 6.33. The van der Waals surface area contributed by atoms with Gasteiger partial charge in [-0.15, -0.1) is 0 Å². The van der Waals surface area contributed by atoms with Crippen LogP contribution in [0.5, 0.6) is 5.75 Å². The standard InChI is InChI=1S/C26H20ClNO6/c1-16-12-25(30)34-23-13-19(10-11-20(16)23)32-14-17-6-8-18(9-7-17)26(31)33-15-24(29)28-22-5-3-2-4-21(22)27/h2-13H,14-15H2,1H3,(H,28,29). The van der Waals surface area contributed by atoms with Gasteiger partial charge in [-0.3, -0.25) is 4.79 Å². The summed E-state index contributed by atoms with van der Waals surface area (Å²) in [6, 6.07) is 20.2. The molecule has 0 fully saturated rings. The van der Waals surface area contributed by atoms with Crippen LogP contribution >= 0.6 is 11.6 Å². The number of carbonyl (C=O) groups excluding carboxylic acids is 2. The maximum Gasteiger partial charge on any atom is 0.338 e. The molecular formula is C26H20ClNO6. The van der Waals surface area contributed by atoms with Gasteiger partial charge >= 0.3 is 11.6 Å². The average molecular weight is 478 g/mol. The van der Waals surface area contributed by atoms with Crippen LogP contribution in [-0.4, -0.2) is 18.5 Å². The van der Waals surface area contributed by atoms with Crippen molar-refractivity contribution in [1.82, 2.24) is 0 Å². The van der Waals surface area contributed by atoms with Crippen LogP contribution < -0.4 is 15.7 Å². The first-order chi connectivity index (χ1) is 16.4. The van der Waals surface area contributed by atoms with E-state index in [0.29, 0.717) is 27.6 Å². The SMILES string of the molecule is Cc1cc(=O)oc2cc(OCc3ccc(C(=O)OCC(=O)Nc4ccccc4Cl)cc3)ccc12. The van der Waals surface area contributed by atoms with Crippen molar-refractivity contribution in [3.63, 3.8) is 0 Å². The lowest BCUT2D eigenvalue weighted by Crippen LogP contribution is -2.21. The molecule has 0 unspecified atom stereocenters. The number of hydrogen-bond acceptors (Lipinski definition) is 6. The third-order valence-electron chi connectivity index (χ3n) is 5.00. The zero-order valence-corrected chi connectivity index (χ0v) is 18.9. The molecule has 8 heteroatoms. The molecule has 34 heavy (non-hydrogen) atoms. The van der Waals surface area contributed by atoms with Crippen molar-refractivity contribution in [2.45, 2.75) is 13.5 Å². The highest BCUT2D eigenvalue weighted by atomic mass is 35.5. The second kappa shape index (κ2) is 10.2. The largest absolute Gasteiger partial charge is 0.489 e. The average Bonchev–Trinajstić information content (AvgIpc) is 2.82. The number of hydrogen-bond donors (Lipinski definition) is 1. The number of amides is 1. The number of esters is 1. The molecule has 0 saturated heterocycles. The molecule has 0 radical (unpaired) electrons. The fourth-order valence-electron chi connectivity index (χ4n) is 3.26. The van der Waals surface area contributed by atoms with Crippen LogP contribution in [0.25, 0.3) is 11.0 Å². The van der Waals surface area contributed by atoms with E-state index in [0.717, 1.165) is 16.5 Å². The number of benzene rings is 3. The number of fused-ring (bicyclic) bond motifs is 1. The van der Waals surface area contributed by atoms with E-state index >= 15 is 0 Å². The zero-order chi connectivity index (χ0) is 24.1. The Morgan fingerprint density at radius 3 is 2.53 bits per heavy atom. The Balaban J connectivity index is 1.31. The predicted octanol–water partition coefficient (Wildman–Crippen LogP) is 5.13. The Bertz CT molecular complexity index is 1410. The monoisotopic (exact) mass is 477 g/mol. The molecule has 1 N–H and O–H groups in total.